The van der Waals surface area contributed by atoms with Crippen LogP contribution in [0.25, 0.3) is 22.6 Å². The number of allylic oxidation sites excluding steroid dienone is 2. The molecule has 0 aromatic carbocycles. The molecule has 0 spiro atoms. The van der Waals surface area contributed by atoms with Crippen molar-refractivity contribution in [2.24, 2.45) is 0 Å². The van der Waals surface area contributed by atoms with Gasteiger partial charge in [-0.1, -0.05) is 6.07 Å². The first-order chi connectivity index (χ1) is 14.4. The normalized spacial score (nSPS) is 31.0. The largest absolute Gasteiger partial charge is 0.462 e. The molecule has 10 heteroatoms. The molecule has 6 atom stereocenters. The van der Waals surface area contributed by atoms with E-state index in [1.54, 1.807) is 12.1 Å². The van der Waals surface area contributed by atoms with Crippen molar-refractivity contribution in [1.82, 2.24) is 0 Å². The summed E-state index contributed by atoms with van der Waals surface area (Å²) in [6, 6.07) is 5.07. The first kappa shape index (κ1) is 20.9. The average molecular weight is 438 g/mol. The molecule has 1 fully saturated rings. The zero-order valence-corrected chi connectivity index (χ0v) is 16.2. The van der Waals surface area contributed by atoms with Gasteiger partial charge >= 0.3 is 5.63 Å². The molecule has 2 aromatic rings. The monoisotopic (exact) mass is 438 g/mol. The minimum atomic E-state index is -1.66. The molecule has 4 rings (SSSR count). The molecule has 1 aliphatic heterocycles. The van der Waals surface area contributed by atoms with Crippen LogP contribution >= 0.6 is 11.3 Å². The molecule has 1 unspecified atom stereocenters. The molecule has 2 aromatic heterocycles. The van der Waals surface area contributed by atoms with Gasteiger partial charge in [-0.15, -0.1) is 11.3 Å². The third-order valence-corrected chi connectivity index (χ3v) is 5.73. The van der Waals surface area contributed by atoms with E-state index in [1.165, 1.54) is 29.6 Å². The van der Waals surface area contributed by atoms with Crippen molar-refractivity contribution >= 4 is 23.5 Å². The van der Waals surface area contributed by atoms with Gasteiger partial charge in [-0.05, 0) is 29.7 Å². The Morgan fingerprint density at radius 2 is 1.97 bits per heavy atom. The lowest BCUT2D eigenvalue weighted by molar-refractivity contribution is -0.290. The molecule has 0 amide bonds. The number of halogens is 1. The lowest BCUT2D eigenvalue weighted by Gasteiger charge is -2.39. The van der Waals surface area contributed by atoms with E-state index in [0.717, 1.165) is 6.08 Å². The van der Waals surface area contributed by atoms with Crippen LogP contribution in [0.4, 0.5) is 4.39 Å². The van der Waals surface area contributed by atoms with Crippen LogP contribution in [-0.4, -0.2) is 63.9 Å². The van der Waals surface area contributed by atoms with Crippen LogP contribution in [-0.2, 0) is 9.47 Å². The highest BCUT2D eigenvalue weighted by molar-refractivity contribution is 7.13. The van der Waals surface area contributed by atoms with Gasteiger partial charge in [-0.2, -0.15) is 0 Å². The number of aliphatic hydroxyl groups excluding tert-OH is 4. The Hall–Kier alpha value is -2.34. The lowest BCUT2D eigenvalue weighted by Crippen LogP contribution is -2.59. The van der Waals surface area contributed by atoms with Crippen molar-refractivity contribution < 1.29 is 38.7 Å². The minimum absolute atomic E-state index is 0.0521. The van der Waals surface area contributed by atoms with E-state index in [4.69, 9.17) is 13.9 Å². The molecule has 0 radical (unpaired) electrons. The molecule has 0 saturated carbocycles. The average Bonchev–Trinajstić information content (AvgIpc) is 3.19. The summed E-state index contributed by atoms with van der Waals surface area (Å²) in [6.07, 6.45) is -5.53. The molecule has 30 heavy (non-hydrogen) atoms. The zero-order chi connectivity index (χ0) is 21.4. The standard InChI is InChI=1S/C20H19FO8S/c21-10-4-9-5-12(15-2-1-3-30-15)19(26)28-13(9)7-11(6-10)27-20-18(25)17(24)16(23)14(8-22)29-20/h1-7,10,14,16-18,20,22-25H,8H2/t10?,14-,16+,17+,18-,20-/m1/s1. The van der Waals surface area contributed by atoms with Crippen LogP contribution < -0.4 is 16.3 Å². The molecule has 1 saturated heterocycles. The summed E-state index contributed by atoms with van der Waals surface area (Å²) in [5.41, 5.74) is -0.249. The summed E-state index contributed by atoms with van der Waals surface area (Å²) < 4.78 is 30.6. The predicted octanol–water partition coefficient (Wildman–Crippen LogP) is -1.02. The lowest BCUT2D eigenvalue weighted by atomic mass is 9.99. The van der Waals surface area contributed by atoms with Crippen LogP contribution in [0.1, 0.15) is 0 Å². The van der Waals surface area contributed by atoms with E-state index in [-0.39, 0.29) is 11.2 Å². The van der Waals surface area contributed by atoms with E-state index in [1.807, 2.05) is 5.38 Å². The van der Waals surface area contributed by atoms with Crippen LogP contribution in [0, 0.1) is 0 Å². The van der Waals surface area contributed by atoms with Crippen LogP contribution in [0.2, 0.25) is 0 Å². The highest BCUT2D eigenvalue weighted by Gasteiger charge is 2.44. The second kappa shape index (κ2) is 8.42. The molecular weight excluding hydrogens is 419 g/mol. The van der Waals surface area contributed by atoms with E-state index >= 15 is 0 Å². The summed E-state index contributed by atoms with van der Waals surface area (Å²) in [5.74, 6) is -0.117. The number of thiophene rings is 1. The molecule has 1 aliphatic carbocycles. The molecule has 160 valence electrons. The Kier molecular flexibility index (Phi) is 5.87. The van der Waals surface area contributed by atoms with Gasteiger partial charge < -0.3 is 34.3 Å². The van der Waals surface area contributed by atoms with Gasteiger partial charge in [0.1, 0.15) is 41.8 Å². The van der Waals surface area contributed by atoms with Crippen molar-refractivity contribution in [2.45, 2.75) is 36.9 Å². The van der Waals surface area contributed by atoms with E-state index in [9.17, 15) is 29.6 Å². The fourth-order valence-electron chi connectivity index (χ4n) is 3.27. The topological polar surface area (TPSA) is 130 Å². The highest BCUT2D eigenvalue weighted by Crippen LogP contribution is 2.25. The summed E-state index contributed by atoms with van der Waals surface area (Å²) in [5, 5.41) is 41.3. The highest BCUT2D eigenvalue weighted by atomic mass is 32.1. The Morgan fingerprint density at radius 1 is 1.17 bits per heavy atom. The van der Waals surface area contributed by atoms with Crippen molar-refractivity contribution in [3.63, 3.8) is 0 Å². The maximum absolute atomic E-state index is 14.5. The fraction of sp³-hybridized carbons (Fsp3) is 0.350. The zero-order valence-electron chi connectivity index (χ0n) is 15.4. The third-order valence-electron chi connectivity index (χ3n) is 4.83. The maximum atomic E-state index is 14.5. The van der Waals surface area contributed by atoms with Gasteiger partial charge in [0, 0.05) is 16.2 Å². The summed E-state index contributed by atoms with van der Waals surface area (Å²) in [4.78, 5) is 13.1. The van der Waals surface area contributed by atoms with Gasteiger partial charge in [-0.3, -0.25) is 0 Å². The molecule has 3 heterocycles. The van der Waals surface area contributed by atoms with Crippen molar-refractivity contribution in [3.8, 4) is 10.4 Å². The molecule has 0 bridgehead atoms. The number of aliphatic hydroxyl groups is 4. The number of rotatable bonds is 4. The SMILES string of the molecule is O=c1oc2c(cc1-c1cccs1)=CC(F)C=C(O[C@@H]1O[C@H](CO)[C@H](O)[C@H](O)[C@H]1O)C=2. The summed E-state index contributed by atoms with van der Waals surface area (Å²) in [6.45, 7) is -0.629. The van der Waals surface area contributed by atoms with Gasteiger partial charge in [-0.25, -0.2) is 9.18 Å². The fourth-order valence-corrected chi connectivity index (χ4v) is 4.00. The number of hydrogen-bond donors (Lipinski definition) is 4. The Morgan fingerprint density at radius 3 is 2.67 bits per heavy atom. The van der Waals surface area contributed by atoms with Crippen LogP contribution in [0.3, 0.4) is 0 Å². The first-order valence-corrected chi connectivity index (χ1v) is 10.00. The predicted molar refractivity (Wildman–Crippen MR) is 104 cm³/mol. The molecule has 8 nitrogen and oxygen atoms in total. The number of hydrogen-bond acceptors (Lipinski definition) is 9. The smallest absolute Gasteiger partial charge is 0.345 e. The quantitative estimate of drug-likeness (QED) is 0.478. The molecular formula is C20H19FO8S. The Balaban J connectivity index is 1.67. The van der Waals surface area contributed by atoms with E-state index < -0.39 is 49.1 Å². The van der Waals surface area contributed by atoms with Crippen molar-refractivity contribution in [2.75, 3.05) is 6.61 Å². The van der Waals surface area contributed by atoms with Crippen molar-refractivity contribution in [1.29, 1.82) is 0 Å². The van der Waals surface area contributed by atoms with E-state index in [2.05, 4.69) is 0 Å². The number of ether oxygens (including phenoxy) is 2. The molecule has 2 aliphatic rings. The van der Waals surface area contributed by atoms with Gasteiger partial charge in [0.15, 0.2) is 0 Å². The number of alkyl halides is 1. The van der Waals surface area contributed by atoms with Crippen molar-refractivity contribution in [3.05, 3.63) is 56.5 Å². The van der Waals surface area contributed by atoms with Crippen LogP contribution in [0.15, 0.2) is 44.6 Å². The Bertz CT molecular complexity index is 1110. The maximum Gasteiger partial charge on any atom is 0.345 e. The number of fused-ring (bicyclic) bond motifs is 1. The third kappa shape index (κ3) is 3.97. The molecule has 4 N–H and O–H groups in total. The minimum Gasteiger partial charge on any atom is -0.462 e. The van der Waals surface area contributed by atoms with Gasteiger partial charge in [0.25, 0.3) is 0 Å². The van der Waals surface area contributed by atoms with Gasteiger partial charge in [0.05, 0.1) is 12.2 Å². The van der Waals surface area contributed by atoms with Gasteiger partial charge in [0.2, 0.25) is 6.29 Å². The van der Waals surface area contributed by atoms with E-state index in [0.29, 0.717) is 15.7 Å². The Labute approximate surface area is 173 Å². The second-order valence-electron chi connectivity index (χ2n) is 6.88. The van der Waals surface area contributed by atoms with Crippen LogP contribution in [0.5, 0.6) is 0 Å². The first-order valence-electron chi connectivity index (χ1n) is 9.12. The summed E-state index contributed by atoms with van der Waals surface area (Å²) in [7, 11) is 0. The second-order valence-corrected chi connectivity index (χ2v) is 7.83. The summed E-state index contributed by atoms with van der Waals surface area (Å²) >= 11 is 1.35.